The highest BCUT2D eigenvalue weighted by atomic mass is 35.5. The van der Waals surface area contributed by atoms with E-state index in [1.54, 1.807) is 36.4 Å². The number of anilines is 2. The molecule has 2 aromatic rings. The van der Waals surface area contributed by atoms with Crippen molar-refractivity contribution in [2.24, 2.45) is 5.92 Å². The van der Waals surface area contributed by atoms with Crippen LogP contribution in [0.4, 0.5) is 11.5 Å². The minimum atomic E-state index is -0.298. The molecular weight excluding hydrogens is 423 g/mol. The van der Waals surface area contributed by atoms with E-state index >= 15 is 0 Å². The van der Waals surface area contributed by atoms with Crippen LogP contribution in [0.25, 0.3) is 0 Å². The first kappa shape index (κ1) is 24.2. The second-order valence-corrected chi connectivity index (χ2v) is 6.78. The van der Waals surface area contributed by atoms with Crippen molar-refractivity contribution in [3.63, 3.8) is 0 Å². The van der Waals surface area contributed by atoms with E-state index in [2.05, 4.69) is 20.9 Å². The molecule has 1 aliphatic rings. The molecule has 3 N–H and O–H groups in total. The Morgan fingerprint density at radius 1 is 1.18 bits per heavy atom. The highest BCUT2D eigenvalue weighted by molar-refractivity contribution is 6.30. The van der Waals surface area contributed by atoms with E-state index in [4.69, 9.17) is 11.6 Å². The number of pyridine rings is 1. The van der Waals surface area contributed by atoms with E-state index in [0.29, 0.717) is 34.4 Å². The molecular formula is C19H23Cl3N4O2. The van der Waals surface area contributed by atoms with Gasteiger partial charge < -0.3 is 16.0 Å². The second-order valence-electron chi connectivity index (χ2n) is 6.34. The molecule has 152 valence electrons. The van der Waals surface area contributed by atoms with Gasteiger partial charge in [0.2, 0.25) is 5.91 Å². The summed E-state index contributed by atoms with van der Waals surface area (Å²) in [6.07, 6.45) is 3.95. The zero-order chi connectivity index (χ0) is 18.4. The maximum Gasteiger partial charge on any atom is 0.256 e. The summed E-state index contributed by atoms with van der Waals surface area (Å²) in [5, 5.41) is 9.36. The van der Waals surface area contributed by atoms with Gasteiger partial charge in [-0.3, -0.25) is 9.59 Å². The lowest BCUT2D eigenvalue weighted by atomic mass is 10.0. The molecule has 0 saturated carbocycles. The van der Waals surface area contributed by atoms with E-state index < -0.39 is 0 Å². The van der Waals surface area contributed by atoms with Crippen molar-refractivity contribution in [3.05, 3.63) is 53.2 Å². The fourth-order valence-corrected chi connectivity index (χ4v) is 3.01. The minimum Gasteiger partial charge on any atom is -0.326 e. The maximum absolute atomic E-state index is 12.3. The first-order chi connectivity index (χ1) is 12.6. The van der Waals surface area contributed by atoms with Crippen LogP contribution in [0.3, 0.4) is 0 Å². The molecule has 1 aliphatic heterocycles. The van der Waals surface area contributed by atoms with Crippen LogP contribution in [0.1, 0.15) is 29.6 Å². The van der Waals surface area contributed by atoms with Crippen LogP contribution in [0, 0.1) is 5.92 Å². The van der Waals surface area contributed by atoms with Crippen molar-refractivity contribution in [1.82, 2.24) is 10.3 Å². The van der Waals surface area contributed by atoms with Gasteiger partial charge in [0.25, 0.3) is 5.91 Å². The topological polar surface area (TPSA) is 83.1 Å². The van der Waals surface area contributed by atoms with Crippen molar-refractivity contribution in [1.29, 1.82) is 0 Å². The molecule has 1 fully saturated rings. The van der Waals surface area contributed by atoms with Gasteiger partial charge in [0.15, 0.2) is 0 Å². The van der Waals surface area contributed by atoms with Crippen LogP contribution in [-0.2, 0) is 4.79 Å². The minimum absolute atomic E-state index is 0. The average molecular weight is 446 g/mol. The largest absolute Gasteiger partial charge is 0.326 e. The lowest BCUT2D eigenvalue weighted by Crippen LogP contribution is -2.16. The molecule has 0 radical (unpaired) electrons. The van der Waals surface area contributed by atoms with Crippen LogP contribution >= 0.6 is 36.4 Å². The molecule has 1 unspecified atom stereocenters. The van der Waals surface area contributed by atoms with Gasteiger partial charge in [-0.05, 0) is 62.2 Å². The molecule has 1 aromatic heterocycles. The fraction of sp³-hybridized carbons (Fsp3) is 0.316. The lowest BCUT2D eigenvalue weighted by Gasteiger charge is -2.10. The van der Waals surface area contributed by atoms with Gasteiger partial charge in [0.05, 0.1) is 5.02 Å². The maximum atomic E-state index is 12.3. The van der Waals surface area contributed by atoms with Crippen LogP contribution in [0.5, 0.6) is 0 Å². The van der Waals surface area contributed by atoms with Crippen molar-refractivity contribution in [3.8, 4) is 0 Å². The Labute approximate surface area is 181 Å². The van der Waals surface area contributed by atoms with E-state index in [9.17, 15) is 9.59 Å². The van der Waals surface area contributed by atoms with Crippen LogP contribution in [0.2, 0.25) is 5.02 Å². The molecule has 3 rings (SSSR count). The Kier molecular flexibility index (Phi) is 10.2. The van der Waals surface area contributed by atoms with Gasteiger partial charge >= 0.3 is 0 Å². The predicted octanol–water partition coefficient (Wildman–Crippen LogP) is 4.16. The molecule has 1 atom stereocenters. The number of rotatable bonds is 6. The summed E-state index contributed by atoms with van der Waals surface area (Å²) in [7, 11) is 0. The summed E-state index contributed by atoms with van der Waals surface area (Å²) in [5.41, 5.74) is 1.05. The average Bonchev–Trinajstić information content (AvgIpc) is 3.16. The third-order valence-corrected chi connectivity index (χ3v) is 4.54. The van der Waals surface area contributed by atoms with Gasteiger partial charge in [0.1, 0.15) is 5.82 Å². The quantitative estimate of drug-likeness (QED) is 0.623. The monoisotopic (exact) mass is 444 g/mol. The number of carbonyl (C=O) groups excluding carboxylic acids is 2. The second kappa shape index (κ2) is 11.9. The summed E-state index contributed by atoms with van der Waals surface area (Å²) >= 11 is 5.78. The summed E-state index contributed by atoms with van der Waals surface area (Å²) in [6, 6.07) is 10.1. The van der Waals surface area contributed by atoms with Crippen LogP contribution in [0.15, 0.2) is 42.6 Å². The number of aromatic nitrogens is 1. The number of amides is 2. The Bertz CT molecular complexity index is 781. The van der Waals surface area contributed by atoms with Crippen molar-refractivity contribution in [2.45, 2.75) is 19.3 Å². The number of benzene rings is 1. The summed E-state index contributed by atoms with van der Waals surface area (Å²) in [5.74, 6) is 0.658. The number of carbonyl (C=O) groups is 2. The third-order valence-electron chi connectivity index (χ3n) is 4.32. The van der Waals surface area contributed by atoms with Crippen LogP contribution in [-0.4, -0.2) is 29.9 Å². The van der Waals surface area contributed by atoms with E-state index in [0.717, 1.165) is 25.9 Å². The molecule has 6 nitrogen and oxygen atoms in total. The highest BCUT2D eigenvalue weighted by Crippen LogP contribution is 2.17. The first-order valence-corrected chi connectivity index (χ1v) is 9.01. The molecule has 28 heavy (non-hydrogen) atoms. The number of halogens is 3. The zero-order valence-electron chi connectivity index (χ0n) is 15.1. The Balaban J connectivity index is 0.00000196. The highest BCUT2D eigenvalue weighted by Gasteiger charge is 2.16. The number of nitrogens with zero attached hydrogens (tertiary/aromatic N) is 1. The molecule has 1 saturated heterocycles. The smallest absolute Gasteiger partial charge is 0.256 e. The van der Waals surface area contributed by atoms with E-state index in [1.807, 2.05) is 0 Å². The molecule has 9 heteroatoms. The molecule has 2 amide bonds. The standard InChI is InChI=1S/C19H21ClN4O2.2ClH/c20-15-5-6-17(22-12-15)24-19(26)14-2-1-3-16(10-14)23-18(25)7-4-13-8-9-21-11-13;;/h1-3,5-6,10,12-13,21H,4,7-9,11H2,(H,23,25)(H,22,24,26);2*1H. The normalized spacial score (nSPS) is 15.1. The third kappa shape index (κ3) is 7.28. The zero-order valence-corrected chi connectivity index (χ0v) is 17.5. The van der Waals surface area contributed by atoms with Gasteiger partial charge in [-0.25, -0.2) is 4.98 Å². The lowest BCUT2D eigenvalue weighted by molar-refractivity contribution is -0.116. The first-order valence-electron chi connectivity index (χ1n) is 8.64. The molecule has 1 aromatic carbocycles. The number of hydrogen-bond donors (Lipinski definition) is 3. The molecule has 0 bridgehead atoms. The Hall–Kier alpha value is -1.86. The molecule has 0 aliphatic carbocycles. The van der Waals surface area contributed by atoms with Gasteiger partial charge in [0, 0.05) is 23.9 Å². The summed E-state index contributed by atoms with van der Waals surface area (Å²) in [6.45, 7) is 2.02. The number of nitrogens with one attached hydrogen (secondary N) is 3. The van der Waals surface area contributed by atoms with Gasteiger partial charge in [-0.2, -0.15) is 0 Å². The SMILES string of the molecule is Cl.Cl.O=C(CCC1CCNC1)Nc1cccc(C(=O)Nc2ccc(Cl)cn2)c1. The van der Waals surface area contributed by atoms with Crippen molar-refractivity contribution in [2.75, 3.05) is 23.7 Å². The van der Waals surface area contributed by atoms with E-state index in [-0.39, 0.29) is 36.6 Å². The van der Waals surface area contributed by atoms with Crippen LogP contribution < -0.4 is 16.0 Å². The predicted molar refractivity (Wildman–Crippen MR) is 117 cm³/mol. The van der Waals surface area contributed by atoms with E-state index in [1.165, 1.54) is 6.20 Å². The molecule has 0 spiro atoms. The Morgan fingerprint density at radius 2 is 2.00 bits per heavy atom. The Morgan fingerprint density at radius 3 is 2.68 bits per heavy atom. The van der Waals surface area contributed by atoms with Crippen molar-refractivity contribution >= 4 is 59.7 Å². The van der Waals surface area contributed by atoms with Gasteiger partial charge in [-0.1, -0.05) is 17.7 Å². The fourth-order valence-electron chi connectivity index (χ4n) is 2.90. The summed E-state index contributed by atoms with van der Waals surface area (Å²) in [4.78, 5) is 28.5. The van der Waals surface area contributed by atoms with Gasteiger partial charge in [-0.15, -0.1) is 24.8 Å². The summed E-state index contributed by atoms with van der Waals surface area (Å²) < 4.78 is 0. The number of hydrogen-bond acceptors (Lipinski definition) is 4. The molecule has 2 heterocycles. The van der Waals surface area contributed by atoms with Crippen molar-refractivity contribution < 1.29 is 9.59 Å².